The lowest BCUT2D eigenvalue weighted by atomic mass is 10.1. The predicted octanol–water partition coefficient (Wildman–Crippen LogP) is 3.74. The first-order chi connectivity index (χ1) is 9.90. The van der Waals surface area contributed by atoms with Gasteiger partial charge in [-0.25, -0.2) is 9.78 Å². The summed E-state index contributed by atoms with van der Waals surface area (Å²) in [6.07, 6.45) is 0. The molecule has 0 aliphatic carbocycles. The number of hydrogen-bond donors (Lipinski definition) is 0. The Bertz CT molecular complexity index is 678. The minimum Gasteiger partial charge on any atom is -0.463 e. The van der Waals surface area contributed by atoms with Crippen molar-refractivity contribution in [1.82, 2.24) is 9.97 Å². The molecule has 0 saturated carbocycles. The molecule has 0 amide bonds. The van der Waals surface area contributed by atoms with E-state index in [1.807, 2.05) is 26.0 Å². The van der Waals surface area contributed by atoms with Crippen molar-refractivity contribution in [2.45, 2.75) is 20.8 Å². The molecule has 0 N–H and O–H groups in total. The maximum absolute atomic E-state index is 11.5. The van der Waals surface area contributed by atoms with Gasteiger partial charge in [0.2, 0.25) is 11.7 Å². The van der Waals surface area contributed by atoms with Gasteiger partial charge < -0.3 is 9.47 Å². The summed E-state index contributed by atoms with van der Waals surface area (Å²) in [7, 11) is 1.29. The van der Waals surface area contributed by atoms with Crippen LogP contribution in [0.15, 0.2) is 22.7 Å². The van der Waals surface area contributed by atoms with E-state index in [1.165, 1.54) is 7.11 Å². The smallest absolute Gasteiger partial charge is 0.376 e. The van der Waals surface area contributed by atoms with Crippen LogP contribution in [0.4, 0.5) is 0 Å². The van der Waals surface area contributed by atoms with E-state index in [4.69, 9.17) is 4.74 Å². The molecule has 0 aliphatic heterocycles. The van der Waals surface area contributed by atoms with Gasteiger partial charge in [0, 0.05) is 16.2 Å². The monoisotopic (exact) mass is 350 g/mol. The van der Waals surface area contributed by atoms with E-state index in [0.717, 1.165) is 15.6 Å². The van der Waals surface area contributed by atoms with Crippen molar-refractivity contribution in [3.8, 4) is 11.6 Å². The zero-order chi connectivity index (χ0) is 15.6. The highest BCUT2D eigenvalue weighted by Crippen LogP contribution is 2.29. The summed E-state index contributed by atoms with van der Waals surface area (Å²) in [5, 5.41) is 0. The van der Waals surface area contributed by atoms with Gasteiger partial charge in [0.05, 0.1) is 7.11 Å². The lowest BCUT2D eigenvalue weighted by molar-refractivity contribution is 0.0585. The van der Waals surface area contributed by atoms with Crippen LogP contribution in [-0.2, 0) is 4.74 Å². The third-order valence-electron chi connectivity index (χ3n) is 2.83. The number of carbonyl (C=O) groups is 1. The zero-order valence-electron chi connectivity index (χ0n) is 12.2. The van der Waals surface area contributed by atoms with Gasteiger partial charge in [0.25, 0.3) is 0 Å². The molecule has 0 saturated heterocycles. The Hall–Kier alpha value is -1.95. The standard InChI is InChI=1S/C15H15BrN2O3/c1-8-5-11(6-9(2)13(8)16)21-12-7-10(3)17-14(18-12)15(19)20-4/h5-7H,1-4H3. The molecule has 110 valence electrons. The summed E-state index contributed by atoms with van der Waals surface area (Å²) in [6.45, 7) is 5.73. The van der Waals surface area contributed by atoms with Crippen LogP contribution in [0.25, 0.3) is 0 Å². The second kappa shape index (κ2) is 6.22. The SMILES string of the molecule is COC(=O)c1nc(C)cc(Oc2cc(C)c(Br)c(C)c2)n1. The first-order valence-electron chi connectivity index (χ1n) is 6.29. The molecule has 5 nitrogen and oxygen atoms in total. The van der Waals surface area contributed by atoms with Crippen LogP contribution < -0.4 is 4.74 Å². The summed E-state index contributed by atoms with van der Waals surface area (Å²) < 4.78 is 11.4. The number of aryl methyl sites for hydroxylation is 3. The molecule has 2 aromatic rings. The molecule has 0 atom stereocenters. The predicted molar refractivity (Wildman–Crippen MR) is 81.8 cm³/mol. The minimum atomic E-state index is -0.591. The van der Waals surface area contributed by atoms with Crippen LogP contribution in [-0.4, -0.2) is 23.0 Å². The van der Waals surface area contributed by atoms with Crippen LogP contribution in [0, 0.1) is 20.8 Å². The first-order valence-corrected chi connectivity index (χ1v) is 7.08. The van der Waals surface area contributed by atoms with Crippen molar-refractivity contribution in [2.75, 3.05) is 7.11 Å². The number of esters is 1. The van der Waals surface area contributed by atoms with Gasteiger partial charge in [-0.15, -0.1) is 0 Å². The Morgan fingerprint density at radius 1 is 1.10 bits per heavy atom. The van der Waals surface area contributed by atoms with Gasteiger partial charge in [-0.05, 0) is 44.0 Å². The lowest BCUT2D eigenvalue weighted by Crippen LogP contribution is -2.09. The Balaban J connectivity index is 2.35. The van der Waals surface area contributed by atoms with Crippen LogP contribution in [0.2, 0.25) is 0 Å². The van der Waals surface area contributed by atoms with Crippen LogP contribution in [0.3, 0.4) is 0 Å². The molecule has 1 heterocycles. The number of benzene rings is 1. The van der Waals surface area contributed by atoms with Crippen molar-refractivity contribution < 1.29 is 14.3 Å². The summed E-state index contributed by atoms with van der Waals surface area (Å²) >= 11 is 3.51. The molecule has 21 heavy (non-hydrogen) atoms. The van der Waals surface area contributed by atoms with Gasteiger partial charge in [-0.2, -0.15) is 4.98 Å². The fourth-order valence-corrected chi connectivity index (χ4v) is 2.09. The van der Waals surface area contributed by atoms with Crippen molar-refractivity contribution in [1.29, 1.82) is 0 Å². The molecular formula is C15H15BrN2O3. The number of aromatic nitrogens is 2. The number of nitrogens with zero attached hydrogens (tertiary/aromatic N) is 2. The van der Waals surface area contributed by atoms with Gasteiger partial charge in [0.1, 0.15) is 5.75 Å². The molecule has 0 unspecified atom stereocenters. The Morgan fingerprint density at radius 2 is 1.71 bits per heavy atom. The largest absolute Gasteiger partial charge is 0.463 e. The van der Waals surface area contributed by atoms with Gasteiger partial charge in [-0.1, -0.05) is 15.9 Å². The second-order valence-electron chi connectivity index (χ2n) is 4.64. The maximum Gasteiger partial charge on any atom is 0.376 e. The number of methoxy groups -OCH3 is 1. The number of hydrogen-bond acceptors (Lipinski definition) is 5. The molecule has 6 heteroatoms. The minimum absolute atomic E-state index is 0.0157. The molecule has 0 bridgehead atoms. The average molecular weight is 351 g/mol. The number of rotatable bonds is 3. The number of ether oxygens (including phenoxy) is 2. The highest BCUT2D eigenvalue weighted by atomic mass is 79.9. The van der Waals surface area contributed by atoms with Crippen LogP contribution >= 0.6 is 15.9 Å². The maximum atomic E-state index is 11.5. The van der Waals surface area contributed by atoms with E-state index in [-0.39, 0.29) is 5.82 Å². The zero-order valence-corrected chi connectivity index (χ0v) is 13.8. The fourth-order valence-electron chi connectivity index (χ4n) is 1.86. The average Bonchev–Trinajstić information content (AvgIpc) is 2.43. The van der Waals surface area contributed by atoms with E-state index < -0.39 is 5.97 Å². The molecule has 1 aromatic carbocycles. The van der Waals surface area contributed by atoms with E-state index in [9.17, 15) is 4.79 Å². The Labute approximate surface area is 131 Å². The molecule has 0 aliphatic rings. The quantitative estimate of drug-likeness (QED) is 0.789. The molecule has 0 fully saturated rings. The molecular weight excluding hydrogens is 336 g/mol. The van der Waals surface area contributed by atoms with Crippen LogP contribution in [0.5, 0.6) is 11.6 Å². The molecule has 0 spiro atoms. The third kappa shape index (κ3) is 3.58. The fraction of sp³-hybridized carbons (Fsp3) is 0.267. The Kier molecular flexibility index (Phi) is 4.57. The second-order valence-corrected chi connectivity index (χ2v) is 5.43. The normalized spacial score (nSPS) is 10.3. The summed E-state index contributed by atoms with van der Waals surface area (Å²) in [5.41, 5.74) is 2.75. The molecule has 0 radical (unpaired) electrons. The van der Waals surface area contributed by atoms with E-state index in [0.29, 0.717) is 17.3 Å². The highest BCUT2D eigenvalue weighted by Gasteiger charge is 2.13. The van der Waals surface area contributed by atoms with Gasteiger partial charge >= 0.3 is 5.97 Å². The first kappa shape index (κ1) is 15.4. The summed E-state index contributed by atoms with van der Waals surface area (Å²) in [5.74, 6) is 0.357. The highest BCUT2D eigenvalue weighted by molar-refractivity contribution is 9.10. The van der Waals surface area contributed by atoms with Crippen molar-refractivity contribution >= 4 is 21.9 Å². The van der Waals surface area contributed by atoms with E-state index in [2.05, 4.69) is 30.6 Å². The van der Waals surface area contributed by atoms with Crippen molar-refractivity contribution in [2.24, 2.45) is 0 Å². The molecule has 1 aromatic heterocycles. The number of halogens is 1. The molecule has 2 rings (SSSR count). The summed E-state index contributed by atoms with van der Waals surface area (Å²) in [4.78, 5) is 19.6. The third-order valence-corrected chi connectivity index (χ3v) is 4.08. The lowest BCUT2D eigenvalue weighted by Gasteiger charge is -2.10. The number of carbonyl (C=O) groups excluding carboxylic acids is 1. The topological polar surface area (TPSA) is 61.3 Å². The van der Waals surface area contributed by atoms with E-state index in [1.54, 1.807) is 13.0 Å². The summed E-state index contributed by atoms with van der Waals surface area (Å²) in [6, 6.07) is 5.46. The van der Waals surface area contributed by atoms with Crippen molar-refractivity contribution in [3.63, 3.8) is 0 Å². The Morgan fingerprint density at radius 3 is 2.29 bits per heavy atom. The van der Waals surface area contributed by atoms with Crippen LogP contribution in [0.1, 0.15) is 27.4 Å². The van der Waals surface area contributed by atoms with Gasteiger partial charge in [0.15, 0.2) is 0 Å². The van der Waals surface area contributed by atoms with Gasteiger partial charge in [-0.3, -0.25) is 0 Å². The van der Waals surface area contributed by atoms with Crippen molar-refractivity contribution in [3.05, 3.63) is 45.3 Å². The van der Waals surface area contributed by atoms with E-state index >= 15 is 0 Å².